The second kappa shape index (κ2) is 6.88. The molecule has 0 heterocycles. The van der Waals surface area contributed by atoms with Crippen LogP contribution < -0.4 is 5.73 Å². The average molecular weight is 256 g/mol. The van der Waals surface area contributed by atoms with E-state index in [2.05, 4.69) is 32.6 Å². The van der Waals surface area contributed by atoms with Crippen molar-refractivity contribution in [1.29, 1.82) is 0 Å². The molecule has 0 radical (unpaired) electrons. The van der Waals surface area contributed by atoms with Crippen molar-refractivity contribution in [3.05, 3.63) is 0 Å². The average Bonchev–Trinajstić information content (AvgIpc) is 2.35. The molecule has 2 N–H and O–H groups in total. The Balaban J connectivity index is 2.84. The summed E-state index contributed by atoms with van der Waals surface area (Å²) in [4.78, 5) is 2.58. The first-order valence-electron chi connectivity index (χ1n) is 7.46. The zero-order valence-electron chi connectivity index (χ0n) is 12.9. The summed E-state index contributed by atoms with van der Waals surface area (Å²) in [6.07, 6.45) is 3.76. The van der Waals surface area contributed by atoms with E-state index in [1.54, 1.807) is 7.11 Å². The van der Waals surface area contributed by atoms with E-state index < -0.39 is 0 Å². The van der Waals surface area contributed by atoms with E-state index in [-0.39, 0.29) is 5.54 Å². The fourth-order valence-electron chi connectivity index (χ4n) is 3.69. The van der Waals surface area contributed by atoms with Crippen LogP contribution in [0.5, 0.6) is 0 Å². The molecule has 1 aliphatic carbocycles. The molecule has 3 nitrogen and oxygen atoms in total. The number of nitrogens with zero attached hydrogens (tertiary/aromatic N) is 1. The minimum absolute atomic E-state index is 0.193. The predicted molar refractivity (Wildman–Crippen MR) is 77.7 cm³/mol. The molecule has 0 aromatic heterocycles. The molecule has 1 saturated carbocycles. The van der Waals surface area contributed by atoms with E-state index in [4.69, 9.17) is 10.5 Å². The molecule has 0 aliphatic heterocycles. The van der Waals surface area contributed by atoms with Gasteiger partial charge in [-0.1, -0.05) is 20.8 Å². The maximum absolute atomic E-state index is 6.17. The SMILES string of the molecule is CCN(C(C)COC)C1(CN)CCC(C)C(C)C1. The summed E-state index contributed by atoms with van der Waals surface area (Å²) in [7, 11) is 1.78. The van der Waals surface area contributed by atoms with E-state index in [0.29, 0.717) is 6.04 Å². The first-order chi connectivity index (χ1) is 8.50. The summed E-state index contributed by atoms with van der Waals surface area (Å²) >= 11 is 0. The van der Waals surface area contributed by atoms with E-state index >= 15 is 0 Å². The third kappa shape index (κ3) is 3.25. The van der Waals surface area contributed by atoms with Gasteiger partial charge in [0.05, 0.1) is 6.61 Å². The molecule has 0 amide bonds. The van der Waals surface area contributed by atoms with Crippen molar-refractivity contribution >= 4 is 0 Å². The largest absolute Gasteiger partial charge is 0.383 e. The van der Waals surface area contributed by atoms with Gasteiger partial charge in [-0.15, -0.1) is 0 Å². The summed E-state index contributed by atoms with van der Waals surface area (Å²) < 4.78 is 5.33. The molecule has 4 unspecified atom stereocenters. The van der Waals surface area contributed by atoms with Crippen LogP contribution in [0.3, 0.4) is 0 Å². The zero-order valence-corrected chi connectivity index (χ0v) is 12.9. The smallest absolute Gasteiger partial charge is 0.0615 e. The van der Waals surface area contributed by atoms with Crippen molar-refractivity contribution < 1.29 is 4.74 Å². The lowest BCUT2D eigenvalue weighted by Crippen LogP contribution is -2.60. The van der Waals surface area contributed by atoms with Crippen LogP contribution in [0.1, 0.15) is 47.0 Å². The van der Waals surface area contributed by atoms with Crippen LogP contribution in [0, 0.1) is 11.8 Å². The highest BCUT2D eigenvalue weighted by atomic mass is 16.5. The standard InChI is InChI=1S/C15H32N2O/c1-6-17(14(4)10-18-5)15(11-16)8-7-12(2)13(3)9-15/h12-14H,6-11,16H2,1-5H3. The second-order valence-corrected chi connectivity index (χ2v) is 6.22. The number of methoxy groups -OCH3 is 1. The molecule has 0 aromatic carbocycles. The van der Waals surface area contributed by atoms with Gasteiger partial charge in [0.2, 0.25) is 0 Å². The first kappa shape index (κ1) is 15.9. The lowest BCUT2D eigenvalue weighted by atomic mass is 9.70. The van der Waals surface area contributed by atoms with Crippen LogP contribution in [0.2, 0.25) is 0 Å². The molecule has 0 bridgehead atoms. The first-order valence-corrected chi connectivity index (χ1v) is 7.46. The summed E-state index contributed by atoms with van der Waals surface area (Å²) in [5.41, 5.74) is 6.37. The molecule has 4 atom stereocenters. The normalized spacial score (nSPS) is 34.8. The third-order valence-corrected chi connectivity index (χ3v) is 5.01. The Morgan fingerprint density at radius 1 is 1.39 bits per heavy atom. The van der Waals surface area contributed by atoms with Crippen LogP contribution in [0.25, 0.3) is 0 Å². The number of rotatable bonds is 6. The van der Waals surface area contributed by atoms with E-state index in [1.165, 1.54) is 19.3 Å². The van der Waals surface area contributed by atoms with Crippen LogP contribution in [-0.4, -0.2) is 43.3 Å². The minimum atomic E-state index is 0.193. The summed E-state index contributed by atoms with van der Waals surface area (Å²) in [5.74, 6) is 1.60. The van der Waals surface area contributed by atoms with Crippen molar-refractivity contribution in [2.45, 2.75) is 58.5 Å². The van der Waals surface area contributed by atoms with E-state index in [9.17, 15) is 0 Å². The number of hydrogen-bond acceptors (Lipinski definition) is 3. The molecule has 108 valence electrons. The molecule has 1 fully saturated rings. The molecular formula is C15H32N2O. The van der Waals surface area contributed by atoms with Gasteiger partial charge in [-0.05, 0) is 44.6 Å². The highest BCUT2D eigenvalue weighted by Gasteiger charge is 2.42. The number of ether oxygens (including phenoxy) is 1. The maximum atomic E-state index is 6.17. The molecular weight excluding hydrogens is 224 g/mol. The van der Waals surface area contributed by atoms with E-state index in [1.807, 2.05) is 0 Å². The topological polar surface area (TPSA) is 38.5 Å². The molecule has 0 saturated heterocycles. The summed E-state index contributed by atoms with van der Waals surface area (Å²) in [6, 6.07) is 0.448. The van der Waals surface area contributed by atoms with Gasteiger partial charge >= 0.3 is 0 Å². The minimum Gasteiger partial charge on any atom is -0.383 e. The van der Waals surface area contributed by atoms with Gasteiger partial charge in [-0.3, -0.25) is 4.90 Å². The monoisotopic (exact) mass is 256 g/mol. The maximum Gasteiger partial charge on any atom is 0.0615 e. The quantitative estimate of drug-likeness (QED) is 0.793. The van der Waals surface area contributed by atoms with Crippen molar-refractivity contribution in [3.63, 3.8) is 0 Å². The zero-order chi connectivity index (χ0) is 13.8. The lowest BCUT2D eigenvalue weighted by Gasteiger charge is -2.51. The van der Waals surface area contributed by atoms with Crippen molar-refractivity contribution in [1.82, 2.24) is 4.90 Å². The van der Waals surface area contributed by atoms with Crippen LogP contribution in [-0.2, 0) is 4.74 Å². The van der Waals surface area contributed by atoms with Gasteiger partial charge in [0.15, 0.2) is 0 Å². The van der Waals surface area contributed by atoms with Crippen LogP contribution in [0.4, 0.5) is 0 Å². The van der Waals surface area contributed by atoms with Crippen LogP contribution >= 0.6 is 0 Å². The Bertz CT molecular complexity index is 247. The van der Waals surface area contributed by atoms with Gasteiger partial charge in [-0.2, -0.15) is 0 Å². The van der Waals surface area contributed by atoms with Gasteiger partial charge in [0, 0.05) is 25.2 Å². The van der Waals surface area contributed by atoms with Crippen molar-refractivity contribution in [3.8, 4) is 0 Å². The molecule has 3 heteroatoms. The van der Waals surface area contributed by atoms with E-state index in [0.717, 1.165) is 31.5 Å². The van der Waals surface area contributed by atoms with Gasteiger partial charge in [0.1, 0.15) is 0 Å². The summed E-state index contributed by atoms with van der Waals surface area (Å²) in [5, 5.41) is 0. The molecule has 0 aromatic rings. The molecule has 1 aliphatic rings. The van der Waals surface area contributed by atoms with Gasteiger partial charge in [-0.25, -0.2) is 0 Å². The number of nitrogens with two attached hydrogens (primary N) is 1. The van der Waals surface area contributed by atoms with Crippen molar-refractivity contribution in [2.75, 3.05) is 26.8 Å². The Labute approximate surface area is 113 Å². The molecule has 1 rings (SSSR count). The second-order valence-electron chi connectivity index (χ2n) is 6.22. The lowest BCUT2D eigenvalue weighted by molar-refractivity contribution is -0.0224. The van der Waals surface area contributed by atoms with Gasteiger partial charge in [0.25, 0.3) is 0 Å². The predicted octanol–water partition coefficient (Wildman–Crippen LogP) is 2.50. The molecule has 0 spiro atoms. The number of likely N-dealkylation sites (N-methyl/N-ethyl adjacent to an activating group) is 1. The Morgan fingerprint density at radius 2 is 2.06 bits per heavy atom. The van der Waals surface area contributed by atoms with Crippen molar-refractivity contribution in [2.24, 2.45) is 17.6 Å². The fraction of sp³-hybridized carbons (Fsp3) is 1.00. The van der Waals surface area contributed by atoms with Crippen LogP contribution in [0.15, 0.2) is 0 Å². The Hall–Kier alpha value is -0.120. The Morgan fingerprint density at radius 3 is 2.50 bits per heavy atom. The highest BCUT2D eigenvalue weighted by Crippen LogP contribution is 2.40. The van der Waals surface area contributed by atoms with Gasteiger partial charge < -0.3 is 10.5 Å². The fourth-order valence-corrected chi connectivity index (χ4v) is 3.69. The third-order valence-electron chi connectivity index (χ3n) is 5.01. The summed E-state index contributed by atoms with van der Waals surface area (Å²) in [6.45, 7) is 11.9. The number of hydrogen-bond donors (Lipinski definition) is 1. The Kier molecular flexibility index (Phi) is 6.09. The highest BCUT2D eigenvalue weighted by molar-refractivity contribution is 4.98. The molecule has 18 heavy (non-hydrogen) atoms.